The van der Waals surface area contributed by atoms with Crippen molar-refractivity contribution in [2.24, 2.45) is 0 Å². The average Bonchev–Trinajstić information content (AvgIpc) is 2.18. The summed E-state index contributed by atoms with van der Waals surface area (Å²) in [4.78, 5) is 2.28. The molecule has 1 unspecified atom stereocenters. The van der Waals surface area contributed by atoms with Gasteiger partial charge < -0.3 is 4.90 Å². The van der Waals surface area contributed by atoms with Crippen LogP contribution in [0.4, 0.5) is 0 Å². The molecule has 0 N–H and O–H groups in total. The second kappa shape index (κ2) is 4.80. The molecule has 0 aliphatic rings. The largest absolute Gasteiger partial charge is 0.307 e. The van der Waals surface area contributed by atoms with Crippen LogP contribution in [0, 0.1) is 0 Å². The highest BCUT2D eigenvalue weighted by Gasteiger charge is 2.23. The van der Waals surface area contributed by atoms with Crippen LogP contribution in [-0.2, 0) is 5.41 Å². The van der Waals surface area contributed by atoms with Crippen molar-refractivity contribution in [1.82, 2.24) is 4.90 Å². The Hall–Kier alpha value is -0.820. The van der Waals surface area contributed by atoms with Gasteiger partial charge in [-0.05, 0) is 38.4 Å². The van der Waals surface area contributed by atoms with Gasteiger partial charge in [-0.1, -0.05) is 44.2 Å². The molecule has 0 saturated heterocycles. The first kappa shape index (κ1) is 12.3. The van der Waals surface area contributed by atoms with Crippen molar-refractivity contribution in [3.8, 4) is 0 Å². The Balaban J connectivity index is 2.75. The van der Waals surface area contributed by atoms with Gasteiger partial charge in [0.05, 0.1) is 0 Å². The minimum absolute atomic E-state index is 0.255. The smallest absolute Gasteiger partial charge is 0.00691 e. The summed E-state index contributed by atoms with van der Waals surface area (Å²) in [5.41, 5.74) is 1.68. The molecule has 1 aromatic carbocycles. The van der Waals surface area contributed by atoms with E-state index in [0.29, 0.717) is 6.04 Å². The molecule has 1 heteroatoms. The Labute approximate surface area is 94.1 Å². The molecule has 0 fully saturated rings. The lowest BCUT2D eigenvalue weighted by Gasteiger charge is -2.31. The maximum atomic E-state index is 2.32. The lowest BCUT2D eigenvalue weighted by atomic mass is 9.79. The second-order valence-electron chi connectivity index (χ2n) is 5.27. The topological polar surface area (TPSA) is 3.24 Å². The number of nitrogens with zero attached hydrogens (tertiary/aromatic N) is 1. The zero-order valence-corrected chi connectivity index (χ0v) is 10.6. The zero-order valence-electron chi connectivity index (χ0n) is 10.6. The summed E-state index contributed by atoms with van der Waals surface area (Å²) >= 11 is 0. The average molecular weight is 205 g/mol. The van der Waals surface area contributed by atoms with Gasteiger partial charge >= 0.3 is 0 Å². The SMILES string of the molecule is CC(CC(C)(C)c1ccccc1)N(C)C. The molecule has 0 aliphatic heterocycles. The Morgan fingerprint density at radius 1 is 1.13 bits per heavy atom. The second-order valence-corrected chi connectivity index (χ2v) is 5.27. The number of rotatable bonds is 4. The predicted molar refractivity (Wildman–Crippen MR) is 67.2 cm³/mol. The van der Waals surface area contributed by atoms with E-state index in [1.807, 2.05) is 0 Å². The fourth-order valence-corrected chi connectivity index (χ4v) is 1.93. The van der Waals surface area contributed by atoms with Crippen molar-refractivity contribution < 1.29 is 0 Å². The van der Waals surface area contributed by atoms with Gasteiger partial charge in [-0.15, -0.1) is 0 Å². The van der Waals surface area contributed by atoms with Gasteiger partial charge in [-0.3, -0.25) is 0 Å². The van der Waals surface area contributed by atoms with Gasteiger partial charge in [0.2, 0.25) is 0 Å². The molecule has 15 heavy (non-hydrogen) atoms. The minimum Gasteiger partial charge on any atom is -0.307 e. The quantitative estimate of drug-likeness (QED) is 0.729. The predicted octanol–water partition coefficient (Wildman–Crippen LogP) is 3.30. The highest BCUT2D eigenvalue weighted by Crippen LogP contribution is 2.28. The highest BCUT2D eigenvalue weighted by atomic mass is 15.1. The Morgan fingerprint density at radius 2 is 1.67 bits per heavy atom. The van der Waals surface area contributed by atoms with Gasteiger partial charge in [0, 0.05) is 6.04 Å². The molecule has 1 aromatic rings. The summed E-state index contributed by atoms with van der Waals surface area (Å²) in [7, 11) is 4.29. The van der Waals surface area contributed by atoms with E-state index >= 15 is 0 Å². The molecule has 1 rings (SSSR count). The van der Waals surface area contributed by atoms with Gasteiger partial charge in [0.15, 0.2) is 0 Å². The van der Waals surface area contributed by atoms with Crippen LogP contribution in [0.5, 0.6) is 0 Å². The van der Waals surface area contributed by atoms with E-state index in [1.54, 1.807) is 0 Å². The molecule has 0 bridgehead atoms. The first-order valence-electron chi connectivity index (χ1n) is 5.65. The summed E-state index contributed by atoms with van der Waals surface area (Å²) in [6.07, 6.45) is 1.18. The molecule has 0 heterocycles. The van der Waals surface area contributed by atoms with Crippen molar-refractivity contribution in [2.45, 2.75) is 38.6 Å². The van der Waals surface area contributed by atoms with Crippen molar-refractivity contribution in [3.63, 3.8) is 0 Å². The summed E-state index contributed by atoms with van der Waals surface area (Å²) in [5.74, 6) is 0. The van der Waals surface area contributed by atoms with Crippen LogP contribution in [0.25, 0.3) is 0 Å². The van der Waals surface area contributed by atoms with Crippen molar-refractivity contribution in [1.29, 1.82) is 0 Å². The van der Waals surface area contributed by atoms with Crippen LogP contribution in [-0.4, -0.2) is 25.0 Å². The van der Waals surface area contributed by atoms with Crippen molar-refractivity contribution in [3.05, 3.63) is 35.9 Å². The van der Waals surface area contributed by atoms with Crippen LogP contribution < -0.4 is 0 Å². The third-order valence-corrected chi connectivity index (χ3v) is 3.24. The monoisotopic (exact) mass is 205 g/mol. The molecular formula is C14H23N. The Bertz CT molecular complexity index is 287. The summed E-state index contributed by atoms with van der Waals surface area (Å²) in [6.45, 7) is 6.93. The first-order chi connectivity index (χ1) is 6.93. The fraction of sp³-hybridized carbons (Fsp3) is 0.571. The molecule has 0 saturated carbocycles. The Kier molecular flexibility index (Phi) is 3.92. The van der Waals surface area contributed by atoms with Crippen LogP contribution in [0.2, 0.25) is 0 Å². The van der Waals surface area contributed by atoms with Gasteiger partial charge in [0.25, 0.3) is 0 Å². The summed E-state index contributed by atoms with van der Waals surface area (Å²) in [6, 6.07) is 11.4. The van der Waals surface area contributed by atoms with Crippen molar-refractivity contribution in [2.75, 3.05) is 14.1 Å². The fourth-order valence-electron chi connectivity index (χ4n) is 1.93. The Morgan fingerprint density at radius 3 is 2.13 bits per heavy atom. The van der Waals surface area contributed by atoms with Gasteiger partial charge in [0.1, 0.15) is 0 Å². The third kappa shape index (κ3) is 3.35. The van der Waals surface area contributed by atoms with Crippen LogP contribution in [0.1, 0.15) is 32.8 Å². The third-order valence-electron chi connectivity index (χ3n) is 3.24. The lowest BCUT2D eigenvalue weighted by molar-refractivity contribution is 0.255. The molecule has 0 aliphatic carbocycles. The van der Waals surface area contributed by atoms with E-state index < -0.39 is 0 Å². The van der Waals surface area contributed by atoms with E-state index in [0.717, 1.165) is 0 Å². The van der Waals surface area contributed by atoms with Crippen LogP contribution >= 0.6 is 0 Å². The van der Waals surface area contributed by atoms with Gasteiger partial charge in [-0.25, -0.2) is 0 Å². The van der Waals surface area contributed by atoms with Crippen molar-refractivity contribution >= 4 is 0 Å². The molecular weight excluding hydrogens is 182 g/mol. The highest BCUT2D eigenvalue weighted by molar-refractivity contribution is 5.23. The van der Waals surface area contributed by atoms with E-state index in [2.05, 4.69) is 70.1 Å². The molecule has 1 atom stereocenters. The molecule has 0 spiro atoms. The molecule has 84 valence electrons. The lowest BCUT2D eigenvalue weighted by Crippen LogP contribution is -2.32. The molecule has 0 amide bonds. The summed E-state index contributed by atoms with van der Waals surface area (Å²) < 4.78 is 0. The van der Waals surface area contributed by atoms with E-state index in [-0.39, 0.29) is 5.41 Å². The van der Waals surface area contributed by atoms with E-state index in [4.69, 9.17) is 0 Å². The van der Waals surface area contributed by atoms with Gasteiger partial charge in [-0.2, -0.15) is 0 Å². The van der Waals surface area contributed by atoms with E-state index in [9.17, 15) is 0 Å². The molecule has 0 radical (unpaired) electrons. The van der Waals surface area contributed by atoms with Crippen LogP contribution in [0.15, 0.2) is 30.3 Å². The number of hydrogen-bond donors (Lipinski definition) is 0. The summed E-state index contributed by atoms with van der Waals surface area (Å²) in [5, 5.41) is 0. The maximum Gasteiger partial charge on any atom is 0.00691 e. The standard InChI is InChI=1S/C14H23N/c1-12(15(4)5)11-14(2,3)13-9-7-6-8-10-13/h6-10,12H,11H2,1-5H3. The van der Waals surface area contributed by atoms with Crippen LogP contribution in [0.3, 0.4) is 0 Å². The maximum absolute atomic E-state index is 2.32. The minimum atomic E-state index is 0.255. The van der Waals surface area contributed by atoms with E-state index in [1.165, 1.54) is 12.0 Å². The normalized spacial score (nSPS) is 14.3. The zero-order chi connectivity index (χ0) is 11.5. The number of hydrogen-bond acceptors (Lipinski definition) is 1. The molecule has 0 aromatic heterocycles. The number of benzene rings is 1. The first-order valence-corrected chi connectivity index (χ1v) is 5.65. The molecule has 1 nitrogen and oxygen atoms in total.